The minimum atomic E-state index is -1.27. The van der Waals surface area contributed by atoms with Gasteiger partial charge in [0.05, 0.1) is 12.9 Å². The van der Waals surface area contributed by atoms with Crippen LogP contribution < -0.4 is 5.73 Å². The largest absolute Gasteiger partial charge is 0.394 e. The average Bonchev–Trinajstić information content (AvgIpc) is 3.31. The van der Waals surface area contributed by atoms with Gasteiger partial charge in [-0.15, -0.1) is 0 Å². The Kier molecular flexibility index (Phi) is 4.51. The van der Waals surface area contributed by atoms with Crippen molar-refractivity contribution in [1.29, 1.82) is 0 Å². The molecule has 5 aliphatic rings. The molecule has 4 aliphatic carbocycles. The van der Waals surface area contributed by atoms with Crippen molar-refractivity contribution in [2.75, 3.05) is 12.3 Å². The molecule has 6 N–H and O–H groups in total. The summed E-state index contributed by atoms with van der Waals surface area (Å²) >= 11 is 0. The lowest BCUT2D eigenvalue weighted by Gasteiger charge is -2.56. The Morgan fingerprint density at radius 2 is 1.78 bits per heavy atom. The molecular formula is C22H27N5O5. The molecule has 10 nitrogen and oxygen atoms in total. The fourth-order valence-corrected chi connectivity index (χ4v) is 6.55. The topological polar surface area (TPSA) is 160 Å². The summed E-state index contributed by atoms with van der Waals surface area (Å²) in [6.07, 6.45) is 2.37. The van der Waals surface area contributed by atoms with Crippen molar-refractivity contribution in [3.63, 3.8) is 0 Å². The molecule has 0 amide bonds. The summed E-state index contributed by atoms with van der Waals surface area (Å²) in [7, 11) is 0. The summed E-state index contributed by atoms with van der Waals surface area (Å²) in [5, 5.41) is 41.3. The molecule has 0 aromatic carbocycles. The van der Waals surface area contributed by atoms with Gasteiger partial charge in [0.25, 0.3) is 0 Å². The van der Waals surface area contributed by atoms with Crippen molar-refractivity contribution in [1.82, 2.24) is 19.5 Å². The van der Waals surface area contributed by atoms with Crippen LogP contribution in [0.25, 0.3) is 11.2 Å². The predicted octanol–water partition coefficient (Wildman–Crippen LogP) is -0.441. The quantitative estimate of drug-likeness (QED) is 0.389. The van der Waals surface area contributed by atoms with E-state index in [0.717, 1.165) is 25.7 Å². The van der Waals surface area contributed by atoms with Gasteiger partial charge in [0, 0.05) is 0 Å². The first-order valence-electron chi connectivity index (χ1n) is 11.3. The molecule has 4 atom stereocenters. The van der Waals surface area contributed by atoms with Gasteiger partial charge in [-0.1, -0.05) is 5.92 Å². The van der Waals surface area contributed by atoms with E-state index in [1.54, 1.807) is 0 Å². The highest BCUT2D eigenvalue weighted by molar-refractivity contribution is 5.82. The zero-order valence-electron chi connectivity index (χ0n) is 17.5. The van der Waals surface area contributed by atoms with Crippen LogP contribution in [0.2, 0.25) is 0 Å². The first kappa shape index (κ1) is 20.3. The third-order valence-electron chi connectivity index (χ3n) is 8.00. The summed E-state index contributed by atoms with van der Waals surface area (Å²) in [5.41, 5.74) is 5.69. The molecule has 7 rings (SSSR count). The Hall–Kier alpha value is -2.29. The van der Waals surface area contributed by atoms with Gasteiger partial charge in [-0.2, -0.15) is 0 Å². The molecule has 10 heteroatoms. The Morgan fingerprint density at radius 3 is 2.41 bits per heavy atom. The van der Waals surface area contributed by atoms with Gasteiger partial charge in [-0.25, -0.2) is 15.0 Å². The Labute approximate surface area is 184 Å². The van der Waals surface area contributed by atoms with E-state index in [2.05, 4.69) is 26.8 Å². The molecule has 1 aliphatic heterocycles. The fraction of sp³-hybridized carbons (Fsp3) is 0.682. The highest BCUT2D eigenvalue weighted by Gasteiger charge is 2.56. The van der Waals surface area contributed by atoms with Crippen molar-refractivity contribution in [2.24, 2.45) is 23.7 Å². The minimum Gasteiger partial charge on any atom is -0.394 e. The number of aromatic nitrogens is 4. The van der Waals surface area contributed by atoms with Gasteiger partial charge in [-0.05, 0) is 61.7 Å². The first-order valence-corrected chi connectivity index (χ1v) is 11.3. The van der Waals surface area contributed by atoms with Crippen molar-refractivity contribution in [2.45, 2.75) is 62.2 Å². The van der Waals surface area contributed by atoms with Crippen LogP contribution in [0.5, 0.6) is 0 Å². The number of aliphatic hydroxyl groups is 4. The van der Waals surface area contributed by atoms with Gasteiger partial charge < -0.3 is 30.9 Å². The van der Waals surface area contributed by atoms with Crippen LogP contribution in [0.4, 0.5) is 5.82 Å². The number of imidazole rings is 1. The third-order valence-corrected chi connectivity index (χ3v) is 8.00. The monoisotopic (exact) mass is 441 g/mol. The molecule has 4 bridgehead atoms. The van der Waals surface area contributed by atoms with Crippen molar-refractivity contribution >= 4 is 17.0 Å². The van der Waals surface area contributed by atoms with Gasteiger partial charge >= 0.3 is 0 Å². The second kappa shape index (κ2) is 7.10. The van der Waals surface area contributed by atoms with E-state index in [1.165, 1.54) is 17.3 Å². The van der Waals surface area contributed by atoms with Crippen LogP contribution in [-0.4, -0.2) is 70.5 Å². The van der Waals surface area contributed by atoms with E-state index < -0.39 is 36.7 Å². The van der Waals surface area contributed by atoms with Crippen molar-refractivity contribution in [3.8, 4) is 11.8 Å². The number of ether oxygens (including phenoxy) is 1. The Balaban J connectivity index is 1.35. The highest BCUT2D eigenvalue weighted by atomic mass is 16.6. The standard InChI is InChI=1S/C22H27N5O5/c23-19-16-20(27(9-24-16)21-18(30)17(29)14(8-28)32-21)26-15(25-19)1-2-22(31)12-4-10-3-11(6-12)7-13(22)5-10/h9-14,17-18,21,28-31H,3-8H2,(H2,23,25,26)/t10?,11?,12?,13?,14-,17+,18?,21-,22?/m1/s1. The molecule has 5 fully saturated rings. The second-order valence-electron chi connectivity index (χ2n) is 9.87. The molecule has 4 saturated carbocycles. The lowest BCUT2D eigenvalue weighted by atomic mass is 9.50. The molecule has 2 aromatic rings. The van der Waals surface area contributed by atoms with Crippen molar-refractivity contribution in [3.05, 3.63) is 12.2 Å². The molecule has 32 heavy (non-hydrogen) atoms. The lowest BCUT2D eigenvalue weighted by Crippen LogP contribution is -2.56. The van der Waals surface area contributed by atoms with Gasteiger partial charge in [-0.3, -0.25) is 4.57 Å². The summed E-state index contributed by atoms with van der Waals surface area (Å²) in [5.74, 6) is 8.16. The summed E-state index contributed by atoms with van der Waals surface area (Å²) in [6, 6.07) is 0. The number of rotatable bonds is 2. The van der Waals surface area contributed by atoms with Crippen LogP contribution in [0, 0.1) is 35.5 Å². The van der Waals surface area contributed by atoms with E-state index in [0.29, 0.717) is 23.0 Å². The summed E-state index contributed by atoms with van der Waals surface area (Å²) < 4.78 is 7.06. The summed E-state index contributed by atoms with van der Waals surface area (Å²) in [6.45, 7) is -0.433. The van der Waals surface area contributed by atoms with Gasteiger partial charge in [0.2, 0.25) is 5.82 Å². The molecule has 1 saturated heterocycles. The lowest BCUT2D eigenvalue weighted by molar-refractivity contribution is -0.136. The second-order valence-corrected chi connectivity index (χ2v) is 9.87. The highest BCUT2D eigenvalue weighted by Crippen LogP contribution is 2.58. The van der Waals surface area contributed by atoms with E-state index >= 15 is 0 Å². The number of nitrogens with two attached hydrogens (primary N) is 1. The van der Waals surface area contributed by atoms with E-state index in [1.807, 2.05) is 0 Å². The molecule has 2 aromatic heterocycles. The fourth-order valence-electron chi connectivity index (χ4n) is 6.55. The number of aliphatic hydroxyl groups excluding tert-OH is 3. The molecule has 0 spiro atoms. The van der Waals surface area contributed by atoms with E-state index in [9.17, 15) is 20.4 Å². The zero-order chi connectivity index (χ0) is 22.2. The number of anilines is 1. The van der Waals surface area contributed by atoms with E-state index in [-0.39, 0.29) is 23.5 Å². The molecule has 1 unspecified atom stereocenters. The molecular weight excluding hydrogens is 414 g/mol. The minimum absolute atomic E-state index is 0.127. The molecule has 170 valence electrons. The number of nitrogens with zero attached hydrogens (tertiary/aromatic N) is 4. The van der Waals surface area contributed by atoms with Gasteiger partial charge in [0.15, 0.2) is 17.7 Å². The Bertz CT molecular complexity index is 1100. The maximum absolute atomic E-state index is 11.5. The van der Waals surface area contributed by atoms with E-state index in [4.69, 9.17) is 10.5 Å². The van der Waals surface area contributed by atoms with Crippen LogP contribution in [-0.2, 0) is 4.74 Å². The van der Waals surface area contributed by atoms with Crippen LogP contribution in [0.1, 0.15) is 44.2 Å². The summed E-state index contributed by atoms with van der Waals surface area (Å²) in [4.78, 5) is 12.9. The number of nitrogen functional groups attached to an aromatic ring is 1. The van der Waals surface area contributed by atoms with Gasteiger partial charge in [0.1, 0.15) is 29.4 Å². The SMILES string of the molecule is Nc1nc(C#CC2(O)C3CC4CC(C3)CC2C4)nc2c1ncn2[C@@H]1O[C@H](CO)[C@H](O)C1O. The normalized spacial score (nSPS) is 42.4. The third kappa shape index (κ3) is 2.89. The van der Waals surface area contributed by atoms with Crippen LogP contribution in [0.3, 0.4) is 0 Å². The molecule has 0 radical (unpaired) electrons. The maximum Gasteiger partial charge on any atom is 0.209 e. The van der Waals surface area contributed by atoms with Crippen LogP contribution in [0.15, 0.2) is 6.33 Å². The zero-order valence-corrected chi connectivity index (χ0v) is 17.5. The predicted molar refractivity (Wildman–Crippen MR) is 112 cm³/mol. The number of fused-ring (bicyclic) bond motifs is 1. The Morgan fingerprint density at radius 1 is 1.09 bits per heavy atom. The number of hydrogen-bond acceptors (Lipinski definition) is 9. The van der Waals surface area contributed by atoms with Crippen LogP contribution >= 0.6 is 0 Å². The molecule has 3 heterocycles. The van der Waals surface area contributed by atoms with Crippen molar-refractivity contribution < 1.29 is 25.2 Å². The first-order chi connectivity index (χ1) is 15.4. The maximum atomic E-state index is 11.5. The average molecular weight is 441 g/mol. The number of hydrogen-bond donors (Lipinski definition) is 5. The smallest absolute Gasteiger partial charge is 0.209 e.